The molecule has 1 atom stereocenters. The summed E-state index contributed by atoms with van der Waals surface area (Å²) in [6, 6.07) is 11.3. The van der Waals surface area contributed by atoms with Gasteiger partial charge in [-0.3, -0.25) is 4.98 Å². The summed E-state index contributed by atoms with van der Waals surface area (Å²) in [4.78, 5) is 13.2. The van der Waals surface area contributed by atoms with Gasteiger partial charge in [-0.1, -0.05) is 26.0 Å². The van der Waals surface area contributed by atoms with Crippen LogP contribution in [-0.2, 0) is 6.42 Å². The second-order valence-corrected chi connectivity index (χ2v) is 7.03. The average Bonchev–Trinajstić information content (AvgIpc) is 2.98. The molecule has 1 aliphatic carbocycles. The van der Waals surface area contributed by atoms with E-state index in [-0.39, 0.29) is 0 Å². The van der Waals surface area contributed by atoms with Crippen LogP contribution in [0, 0.1) is 6.92 Å². The highest BCUT2D eigenvalue weighted by Crippen LogP contribution is 2.33. The highest BCUT2D eigenvalue weighted by molar-refractivity contribution is 5.79. The van der Waals surface area contributed by atoms with Gasteiger partial charge < -0.3 is 10.3 Å². The van der Waals surface area contributed by atoms with Gasteiger partial charge in [-0.25, -0.2) is 4.98 Å². The van der Waals surface area contributed by atoms with Gasteiger partial charge in [0.2, 0.25) is 0 Å². The van der Waals surface area contributed by atoms with E-state index >= 15 is 0 Å². The molecule has 3 aromatic rings. The molecule has 4 rings (SSSR count). The third-order valence-corrected chi connectivity index (χ3v) is 4.77. The molecule has 0 aliphatic heterocycles. The SMILES string of the molecule is Cc1nc2c(cc1-c1nc3ccccc3[nH]1)CCCC2NC(C)C. The number of H-pyrrole nitrogens is 1. The molecule has 2 heterocycles. The molecule has 24 heavy (non-hydrogen) atoms. The van der Waals surface area contributed by atoms with Crippen molar-refractivity contribution in [3.8, 4) is 11.4 Å². The van der Waals surface area contributed by atoms with Crippen LogP contribution in [0.25, 0.3) is 22.4 Å². The number of nitrogens with one attached hydrogen (secondary N) is 2. The zero-order valence-corrected chi connectivity index (χ0v) is 14.6. The third kappa shape index (κ3) is 2.71. The van der Waals surface area contributed by atoms with Gasteiger partial charge in [-0.2, -0.15) is 0 Å². The first-order valence-electron chi connectivity index (χ1n) is 8.83. The molecule has 1 aliphatic rings. The van der Waals surface area contributed by atoms with Crippen molar-refractivity contribution in [2.45, 2.75) is 52.1 Å². The molecule has 0 radical (unpaired) electrons. The van der Waals surface area contributed by atoms with Crippen molar-refractivity contribution in [3.63, 3.8) is 0 Å². The molecule has 1 aromatic carbocycles. The Balaban J connectivity index is 1.78. The first-order chi connectivity index (χ1) is 11.6. The normalized spacial score (nSPS) is 17.4. The van der Waals surface area contributed by atoms with Gasteiger partial charge in [-0.05, 0) is 49.9 Å². The second kappa shape index (κ2) is 6.02. The predicted molar refractivity (Wildman–Crippen MR) is 98.0 cm³/mol. The molecule has 1 unspecified atom stereocenters. The maximum absolute atomic E-state index is 4.97. The molecule has 2 aromatic heterocycles. The molecule has 4 nitrogen and oxygen atoms in total. The Hall–Kier alpha value is -2.20. The molecule has 2 N–H and O–H groups in total. The van der Waals surface area contributed by atoms with Crippen LogP contribution in [-0.4, -0.2) is 21.0 Å². The van der Waals surface area contributed by atoms with Crippen molar-refractivity contribution in [2.75, 3.05) is 0 Å². The molecule has 0 saturated carbocycles. The maximum Gasteiger partial charge on any atom is 0.140 e. The molecule has 0 spiro atoms. The molecule has 4 heteroatoms. The van der Waals surface area contributed by atoms with Gasteiger partial charge in [0.1, 0.15) is 5.82 Å². The predicted octanol–water partition coefficient (Wildman–Crippen LogP) is 4.31. The fourth-order valence-electron chi connectivity index (χ4n) is 3.69. The summed E-state index contributed by atoms with van der Waals surface area (Å²) in [5, 5.41) is 3.66. The number of para-hydroxylation sites is 2. The van der Waals surface area contributed by atoms with Crippen LogP contribution in [0.5, 0.6) is 0 Å². The summed E-state index contributed by atoms with van der Waals surface area (Å²) in [7, 11) is 0. The van der Waals surface area contributed by atoms with Crippen LogP contribution in [0.3, 0.4) is 0 Å². The van der Waals surface area contributed by atoms with E-state index < -0.39 is 0 Å². The quantitative estimate of drug-likeness (QED) is 0.756. The lowest BCUT2D eigenvalue weighted by Crippen LogP contribution is -2.31. The van der Waals surface area contributed by atoms with Gasteiger partial charge >= 0.3 is 0 Å². The Morgan fingerprint density at radius 3 is 2.83 bits per heavy atom. The minimum Gasteiger partial charge on any atom is -0.338 e. The number of benzene rings is 1. The molecular formula is C20H24N4. The van der Waals surface area contributed by atoms with E-state index in [4.69, 9.17) is 9.97 Å². The Labute approximate surface area is 142 Å². The molecule has 0 bridgehead atoms. The fraction of sp³-hybridized carbons (Fsp3) is 0.400. The summed E-state index contributed by atoms with van der Waals surface area (Å²) in [6.45, 7) is 6.48. The summed E-state index contributed by atoms with van der Waals surface area (Å²) < 4.78 is 0. The lowest BCUT2D eigenvalue weighted by molar-refractivity contribution is 0.413. The highest BCUT2D eigenvalue weighted by atomic mass is 15.0. The van der Waals surface area contributed by atoms with Crippen LogP contribution in [0.1, 0.15) is 49.7 Å². The molecule has 0 amide bonds. The number of aromatic nitrogens is 3. The van der Waals surface area contributed by atoms with Crippen LogP contribution < -0.4 is 5.32 Å². The van der Waals surface area contributed by atoms with E-state index in [9.17, 15) is 0 Å². The number of aryl methyl sites for hydroxylation is 2. The number of aromatic amines is 1. The smallest absolute Gasteiger partial charge is 0.140 e. The largest absolute Gasteiger partial charge is 0.338 e. The zero-order valence-electron chi connectivity index (χ0n) is 14.6. The van der Waals surface area contributed by atoms with Gasteiger partial charge in [0.15, 0.2) is 0 Å². The van der Waals surface area contributed by atoms with Gasteiger partial charge in [0.25, 0.3) is 0 Å². The number of imidazole rings is 1. The van der Waals surface area contributed by atoms with E-state index in [1.165, 1.54) is 24.1 Å². The first kappa shape index (κ1) is 15.3. The lowest BCUT2D eigenvalue weighted by Gasteiger charge is -2.28. The van der Waals surface area contributed by atoms with Gasteiger partial charge in [0.05, 0.1) is 16.7 Å². The van der Waals surface area contributed by atoms with Gasteiger partial charge in [0, 0.05) is 23.3 Å². The van der Waals surface area contributed by atoms with Crippen LogP contribution in [0.2, 0.25) is 0 Å². The molecular weight excluding hydrogens is 296 g/mol. The van der Waals surface area contributed by atoms with E-state index in [1.54, 1.807) is 0 Å². The summed E-state index contributed by atoms with van der Waals surface area (Å²) in [5.74, 6) is 0.919. The summed E-state index contributed by atoms with van der Waals surface area (Å²) >= 11 is 0. The van der Waals surface area contributed by atoms with Crippen molar-refractivity contribution in [3.05, 3.63) is 47.3 Å². The van der Waals surface area contributed by atoms with Crippen molar-refractivity contribution in [2.24, 2.45) is 0 Å². The number of fused-ring (bicyclic) bond motifs is 2. The number of pyridine rings is 1. The maximum atomic E-state index is 4.97. The van der Waals surface area contributed by atoms with E-state index in [2.05, 4.69) is 43.2 Å². The topological polar surface area (TPSA) is 53.6 Å². The summed E-state index contributed by atoms with van der Waals surface area (Å²) in [5.41, 5.74) is 6.83. The fourth-order valence-corrected chi connectivity index (χ4v) is 3.69. The van der Waals surface area contributed by atoms with Crippen molar-refractivity contribution in [1.29, 1.82) is 0 Å². The van der Waals surface area contributed by atoms with Crippen LogP contribution >= 0.6 is 0 Å². The molecule has 0 saturated heterocycles. The second-order valence-electron chi connectivity index (χ2n) is 7.03. The Morgan fingerprint density at radius 1 is 1.21 bits per heavy atom. The van der Waals surface area contributed by atoms with E-state index in [1.807, 2.05) is 18.2 Å². The van der Waals surface area contributed by atoms with Crippen LogP contribution in [0.15, 0.2) is 30.3 Å². The Kier molecular flexibility index (Phi) is 3.85. The van der Waals surface area contributed by atoms with Gasteiger partial charge in [-0.15, -0.1) is 0 Å². The summed E-state index contributed by atoms with van der Waals surface area (Å²) in [6.07, 6.45) is 3.48. The molecule has 0 fully saturated rings. The number of nitrogens with zero attached hydrogens (tertiary/aromatic N) is 2. The first-order valence-corrected chi connectivity index (χ1v) is 8.83. The molecule has 124 valence electrons. The van der Waals surface area contributed by atoms with E-state index in [0.717, 1.165) is 34.5 Å². The number of hydrogen-bond donors (Lipinski definition) is 2. The minimum absolute atomic E-state index is 0.372. The lowest BCUT2D eigenvalue weighted by atomic mass is 9.90. The van der Waals surface area contributed by atoms with Crippen molar-refractivity contribution < 1.29 is 0 Å². The van der Waals surface area contributed by atoms with Crippen molar-refractivity contribution >= 4 is 11.0 Å². The zero-order chi connectivity index (χ0) is 16.7. The van der Waals surface area contributed by atoms with Crippen molar-refractivity contribution in [1.82, 2.24) is 20.3 Å². The highest BCUT2D eigenvalue weighted by Gasteiger charge is 2.24. The number of hydrogen-bond acceptors (Lipinski definition) is 3. The standard InChI is InChI=1S/C20H24N4/c1-12(2)21-18-10-6-7-14-11-15(13(3)22-19(14)18)20-23-16-8-4-5-9-17(16)24-20/h4-5,8-9,11-12,18,21H,6-7,10H2,1-3H3,(H,23,24). The Morgan fingerprint density at radius 2 is 2.04 bits per heavy atom. The monoisotopic (exact) mass is 320 g/mol. The Bertz CT molecular complexity index is 845. The minimum atomic E-state index is 0.372. The van der Waals surface area contributed by atoms with Crippen LogP contribution in [0.4, 0.5) is 0 Å². The van der Waals surface area contributed by atoms with E-state index in [0.29, 0.717) is 12.1 Å². The number of rotatable bonds is 3. The average molecular weight is 320 g/mol. The third-order valence-electron chi connectivity index (χ3n) is 4.77.